The molecule has 3 aromatic carbocycles. The van der Waals surface area contributed by atoms with Gasteiger partial charge in [-0.3, -0.25) is 0 Å². The minimum Gasteiger partial charge on any atom is -0.493 e. The molecule has 0 aliphatic carbocycles. The Balaban J connectivity index is 0.00000320. The fraction of sp³-hybridized carbons (Fsp3) is 0.217. The zero-order chi connectivity index (χ0) is 20.6. The summed E-state index contributed by atoms with van der Waals surface area (Å²) in [6, 6.07) is 17.1. The molecule has 0 aromatic heterocycles. The Morgan fingerprint density at radius 1 is 0.933 bits per heavy atom. The van der Waals surface area contributed by atoms with Crippen LogP contribution in [0.15, 0.2) is 65.1 Å². The Kier molecular flexibility index (Phi) is 9.56. The minimum atomic E-state index is -0.307. The smallest absolute Gasteiger partial charge is 0.175 e. The molecule has 3 aromatic rings. The molecule has 0 amide bonds. The summed E-state index contributed by atoms with van der Waals surface area (Å²) in [5, 5.41) is 3.31. The molecule has 7 heteroatoms. The van der Waals surface area contributed by atoms with Crippen LogP contribution in [0.1, 0.15) is 16.7 Å². The molecule has 0 saturated heterocycles. The molecule has 0 heterocycles. The minimum absolute atomic E-state index is 0. The lowest BCUT2D eigenvalue weighted by Gasteiger charge is -2.15. The van der Waals surface area contributed by atoms with Crippen LogP contribution in [0.3, 0.4) is 0 Å². The van der Waals surface area contributed by atoms with E-state index in [1.807, 2.05) is 18.2 Å². The lowest BCUT2D eigenvalue weighted by Crippen LogP contribution is -2.17. The van der Waals surface area contributed by atoms with Gasteiger partial charge in [-0.15, -0.1) is 12.4 Å². The first-order valence-electron chi connectivity index (χ1n) is 9.25. The van der Waals surface area contributed by atoms with Crippen LogP contribution in [0.5, 0.6) is 11.5 Å². The van der Waals surface area contributed by atoms with E-state index >= 15 is 0 Å². The Hall–Kier alpha value is -2.15. The third kappa shape index (κ3) is 6.42. The van der Waals surface area contributed by atoms with Gasteiger partial charge in [-0.1, -0.05) is 36.4 Å². The maximum absolute atomic E-state index is 13.8. The van der Waals surface area contributed by atoms with E-state index in [2.05, 4.69) is 21.2 Å². The van der Waals surface area contributed by atoms with E-state index in [1.165, 1.54) is 12.1 Å². The lowest BCUT2D eigenvalue weighted by molar-refractivity contribution is 0.277. The van der Waals surface area contributed by atoms with Crippen molar-refractivity contribution in [3.63, 3.8) is 0 Å². The van der Waals surface area contributed by atoms with Crippen molar-refractivity contribution in [3.8, 4) is 11.5 Å². The average Bonchev–Trinajstić information content (AvgIpc) is 2.72. The van der Waals surface area contributed by atoms with Gasteiger partial charge in [0.2, 0.25) is 0 Å². The maximum atomic E-state index is 13.8. The number of ether oxygens (including phenoxy) is 2. The standard InChI is InChI=1S/C23H22BrF2NO2.ClH/c1-28-22-13-16(14-27-11-10-17-6-2-4-8-20(17)25)12-19(24)23(22)29-15-18-7-3-5-9-21(18)26;/h2-9,12-13,27H,10-11,14-15H2,1H3;1H. The molecular weight excluding hydrogens is 476 g/mol. The van der Waals surface area contributed by atoms with E-state index in [0.29, 0.717) is 42.1 Å². The molecule has 0 saturated carbocycles. The highest BCUT2D eigenvalue weighted by molar-refractivity contribution is 9.10. The van der Waals surface area contributed by atoms with Crippen molar-refractivity contribution in [1.82, 2.24) is 5.32 Å². The number of benzene rings is 3. The van der Waals surface area contributed by atoms with Crippen LogP contribution >= 0.6 is 28.3 Å². The summed E-state index contributed by atoms with van der Waals surface area (Å²) < 4.78 is 39.4. The molecular formula is C23H23BrClF2NO2. The van der Waals surface area contributed by atoms with Gasteiger partial charge < -0.3 is 14.8 Å². The molecule has 1 N–H and O–H groups in total. The van der Waals surface area contributed by atoms with Gasteiger partial charge in [-0.05, 0) is 64.3 Å². The number of methoxy groups -OCH3 is 1. The summed E-state index contributed by atoms with van der Waals surface area (Å²) in [4.78, 5) is 0. The molecule has 0 atom stereocenters. The largest absolute Gasteiger partial charge is 0.493 e. The number of nitrogens with one attached hydrogen (secondary N) is 1. The summed E-state index contributed by atoms with van der Waals surface area (Å²) in [6.07, 6.45) is 0.606. The van der Waals surface area contributed by atoms with Crippen LogP contribution in [0, 0.1) is 11.6 Å². The van der Waals surface area contributed by atoms with Crippen molar-refractivity contribution < 1.29 is 18.3 Å². The van der Waals surface area contributed by atoms with E-state index in [0.717, 1.165) is 10.0 Å². The Morgan fingerprint density at radius 2 is 1.57 bits per heavy atom. The summed E-state index contributed by atoms with van der Waals surface area (Å²) >= 11 is 3.51. The average molecular weight is 499 g/mol. The Labute approximate surface area is 189 Å². The summed E-state index contributed by atoms with van der Waals surface area (Å²) in [5.41, 5.74) is 2.15. The summed E-state index contributed by atoms with van der Waals surface area (Å²) in [7, 11) is 1.56. The topological polar surface area (TPSA) is 30.5 Å². The fourth-order valence-corrected chi connectivity index (χ4v) is 3.54. The van der Waals surface area contributed by atoms with Crippen molar-refractivity contribution in [3.05, 3.63) is 93.5 Å². The van der Waals surface area contributed by atoms with Crippen LogP contribution < -0.4 is 14.8 Å². The van der Waals surface area contributed by atoms with E-state index < -0.39 is 0 Å². The molecule has 0 fully saturated rings. The predicted molar refractivity (Wildman–Crippen MR) is 120 cm³/mol. The van der Waals surface area contributed by atoms with Gasteiger partial charge in [0.15, 0.2) is 11.5 Å². The van der Waals surface area contributed by atoms with Gasteiger partial charge >= 0.3 is 0 Å². The SMILES string of the molecule is COc1cc(CNCCc2ccccc2F)cc(Br)c1OCc1ccccc1F.Cl. The Morgan fingerprint density at radius 3 is 2.20 bits per heavy atom. The van der Waals surface area contributed by atoms with Crippen molar-refractivity contribution >= 4 is 28.3 Å². The second-order valence-corrected chi connectivity index (χ2v) is 7.36. The maximum Gasteiger partial charge on any atom is 0.175 e. The van der Waals surface area contributed by atoms with Crippen molar-refractivity contribution in [2.24, 2.45) is 0 Å². The van der Waals surface area contributed by atoms with Crippen LogP contribution in [0.2, 0.25) is 0 Å². The lowest BCUT2D eigenvalue weighted by atomic mass is 10.1. The summed E-state index contributed by atoms with van der Waals surface area (Å²) in [5.74, 6) is 0.584. The summed E-state index contributed by atoms with van der Waals surface area (Å²) in [6.45, 7) is 1.34. The molecule has 0 radical (unpaired) electrons. The van der Waals surface area contributed by atoms with Crippen molar-refractivity contribution in [2.45, 2.75) is 19.6 Å². The number of halogens is 4. The van der Waals surface area contributed by atoms with Crippen LogP contribution in [-0.2, 0) is 19.6 Å². The molecule has 3 nitrogen and oxygen atoms in total. The quantitative estimate of drug-likeness (QED) is 0.363. The number of hydrogen-bond donors (Lipinski definition) is 1. The monoisotopic (exact) mass is 497 g/mol. The van der Waals surface area contributed by atoms with E-state index in [-0.39, 0.29) is 30.6 Å². The Bertz CT molecular complexity index is 972. The van der Waals surface area contributed by atoms with Gasteiger partial charge in [0.05, 0.1) is 11.6 Å². The predicted octanol–water partition coefficient (Wildman–Crippen LogP) is 6.07. The molecule has 0 aliphatic heterocycles. The molecule has 0 spiro atoms. The van der Waals surface area contributed by atoms with Crippen molar-refractivity contribution in [2.75, 3.05) is 13.7 Å². The number of rotatable bonds is 9. The van der Waals surface area contributed by atoms with Crippen LogP contribution in [0.4, 0.5) is 8.78 Å². The molecule has 160 valence electrons. The van der Waals surface area contributed by atoms with Gasteiger partial charge in [-0.25, -0.2) is 8.78 Å². The first kappa shape index (κ1) is 24.1. The molecule has 0 aliphatic rings. The molecule has 0 unspecified atom stereocenters. The third-order valence-electron chi connectivity index (χ3n) is 4.48. The second kappa shape index (κ2) is 11.9. The van der Waals surface area contributed by atoms with E-state index in [4.69, 9.17) is 9.47 Å². The highest BCUT2D eigenvalue weighted by Crippen LogP contribution is 2.37. The third-order valence-corrected chi connectivity index (χ3v) is 5.07. The zero-order valence-electron chi connectivity index (χ0n) is 16.5. The van der Waals surface area contributed by atoms with E-state index in [9.17, 15) is 8.78 Å². The normalized spacial score (nSPS) is 10.4. The van der Waals surface area contributed by atoms with Crippen LogP contribution in [-0.4, -0.2) is 13.7 Å². The van der Waals surface area contributed by atoms with Gasteiger partial charge in [-0.2, -0.15) is 0 Å². The molecule has 30 heavy (non-hydrogen) atoms. The van der Waals surface area contributed by atoms with E-state index in [1.54, 1.807) is 37.4 Å². The molecule has 0 bridgehead atoms. The molecule has 3 rings (SSSR count). The second-order valence-electron chi connectivity index (χ2n) is 6.51. The highest BCUT2D eigenvalue weighted by atomic mass is 79.9. The van der Waals surface area contributed by atoms with Crippen molar-refractivity contribution in [1.29, 1.82) is 0 Å². The number of hydrogen-bond acceptors (Lipinski definition) is 3. The zero-order valence-corrected chi connectivity index (χ0v) is 18.9. The van der Waals surface area contributed by atoms with Gasteiger partial charge in [0, 0.05) is 12.1 Å². The van der Waals surface area contributed by atoms with Gasteiger partial charge in [0.1, 0.15) is 18.2 Å². The first-order chi connectivity index (χ1) is 14.1. The van der Waals surface area contributed by atoms with Gasteiger partial charge in [0.25, 0.3) is 0 Å². The van der Waals surface area contributed by atoms with Crippen LogP contribution in [0.25, 0.3) is 0 Å². The highest BCUT2D eigenvalue weighted by Gasteiger charge is 2.13. The fourth-order valence-electron chi connectivity index (χ4n) is 2.94. The first-order valence-corrected chi connectivity index (χ1v) is 10.0.